The summed E-state index contributed by atoms with van der Waals surface area (Å²) < 4.78 is 18.3. The number of halogens is 1. The Bertz CT molecular complexity index is 149. The highest BCUT2D eigenvalue weighted by Gasteiger charge is 2.51. The van der Waals surface area contributed by atoms with E-state index in [9.17, 15) is 9.50 Å². The molecule has 0 radical (unpaired) electrons. The Morgan fingerprint density at radius 1 is 1.64 bits per heavy atom. The van der Waals surface area contributed by atoms with E-state index in [2.05, 4.69) is 0 Å². The van der Waals surface area contributed by atoms with E-state index in [1.54, 1.807) is 6.92 Å². The maximum atomic E-state index is 13.3. The molecule has 1 fully saturated rings. The number of hydrogen-bond acceptors (Lipinski definition) is 3. The Hall–Kier alpha value is -0.190. The fourth-order valence-corrected chi connectivity index (χ4v) is 1.22. The van der Waals surface area contributed by atoms with E-state index >= 15 is 0 Å². The molecule has 2 unspecified atom stereocenters. The molecule has 0 spiro atoms. The molecular formula is C7H13FO3. The van der Waals surface area contributed by atoms with Crippen molar-refractivity contribution in [2.45, 2.75) is 37.8 Å². The summed E-state index contributed by atoms with van der Waals surface area (Å²) in [4.78, 5) is 0. The van der Waals surface area contributed by atoms with Gasteiger partial charge in [0, 0.05) is 0 Å². The van der Waals surface area contributed by atoms with Gasteiger partial charge in [-0.1, -0.05) is 0 Å². The average Bonchev–Trinajstić information content (AvgIpc) is 2.14. The summed E-state index contributed by atoms with van der Waals surface area (Å²) in [6.45, 7) is 2.47. The van der Waals surface area contributed by atoms with Gasteiger partial charge in [0.1, 0.15) is 12.2 Å². The van der Waals surface area contributed by atoms with Gasteiger partial charge < -0.3 is 14.9 Å². The molecule has 2 N–H and O–H groups in total. The second-order valence-electron chi connectivity index (χ2n) is 3.10. The van der Waals surface area contributed by atoms with Gasteiger partial charge >= 0.3 is 0 Å². The van der Waals surface area contributed by atoms with Crippen LogP contribution in [-0.4, -0.2) is 40.8 Å². The second-order valence-corrected chi connectivity index (χ2v) is 3.10. The Labute approximate surface area is 64.8 Å². The lowest BCUT2D eigenvalue weighted by atomic mass is 9.96. The van der Waals surface area contributed by atoms with Crippen LogP contribution in [-0.2, 0) is 4.74 Å². The molecule has 4 atom stereocenters. The van der Waals surface area contributed by atoms with Gasteiger partial charge in [-0.15, -0.1) is 0 Å². The van der Waals surface area contributed by atoms with Crippen molar-refractivity contribution >= 4 is 0 Å². The highest BCUT2D eigenvalue weighted by atomic mass is 19.1. The third kappa shape index (κ3) is 1.26. The van der Waals surface area contributed by atoms with Crippen LogP contribution in [0.15, 0.2) is 0 Å². The summed E-state index contributed by atoms with van der Waals surface area (Å²) >= 11 is 0. The molecule has 0 aromatic heterocycles. The molecule has 1 aliphatic rings. The monoisotopic (exact) mass is 164 g/mol. The third-order valence-electron chi connectivity index (χ3n) is 2.28. The standard InChI is InChI=1S/C7H13FO3/c1-4-7(2,8)6(10)5(3-9)11-4/h4-6,9-10H,3H2,1-2H3/t4-,5+,6?,7?/m0/s1. The fourth-order valence-electron chi connectivity index (χ4n) is 1.22. The van der Waals surface area contributed by atoms with Gasteiger partial charge in [-0.2, -0.15) is 0 Å². The van der Waals surface area contributed by atoms with Gasteiger partial charge in [0.15, 0.2) is 5.67 Å². The predicted molar refractivity (Wildman–Crippen MR) is 36.9 cm³/mol. The van der Waals surface area contributed by atoms with Crippen molar-refractivity contribution < 1.29 is 19.3 Å². The van der Waals surface area contributed by atoms with Crippen molar-refractivity contribution in [3.63, 3.8) is 0 Å². The highest BCUT2D eigenvalue weighted by molar-refractivity contribution is 4.98. The summed E-state index contributed by atoms with van der Waals surface area (Å²) in [5, 5.41) is 17.9. The first-order chi connectivity index (χ1) is 5.00. The van der Waals surface area contributed by atoms with E-state index in [4.69, 9.17) is 9.84 Å². The molecule has 0 aromatic rings. The molecule has 0 bridgehead atoms. The van der Waals surface area contributed by atoms with Crippen molar-refractivity contribution in [3.05, 3.63) is 0 Å². The molecule has 1 rings (SSSR count). The van der Waals surface area contributed by atoms with E-state index in [1.807, 2.05) is 0 Å². The number of alkyl halides is 1. The predicted octanol–water partition coefficient (Wildman–Crippen LogP) is -0.145. The zero-order chi connectivity index (χ0) is 8.65. The van der Waals surface area contributed by atoms with Gasteiger partial charge in [0.05, 0.1) is 12.7 Å². The third-order valence-corrected chi connectivity index (χ3v) is 2.28. The first-order valence-corrected chi connectivity index (χ1v) is 3.63. The van der Waals surface area contributed by atoms with Crippen LogP contribution in [0, 0.1) is 0 Å². The summed E-state index contributed by atoms with van der Waals surface area (Å²) in [7, 11) is 0. The average molecular weight is 164 g/mol. The highest BCUT2D eigenvalue weighted by Crippen LogP contribution is 2.33. The molecule has 0 amide bonds. The maximum Gasteiger partial charge on any atom is 0.162 e. The molecule has 11 heavy (non-hydrogen) atoms. The van der Waals surface area contributed by atoms with E-state index in [0.717, 1.165) is 0 Å². The van der Waals surface area contributed by atoms with E-state index in [1.165, 1.54) is 6.92 Å². The fraction of sp³-hybridized carbons (Fsp3) is 1.00. The Kier molecular flexibility index (Phi) is 2.18. The van der Waals surface area contributed by atoms with Crippen molar-refractivity contribution in [1.82, 2.24) is 0 Å². The summed E-state index contributed by atoms with van der Waals surface area (Å²) in [5.74, 6) is 0. The lowest BCUT2D eigenvalue weighted by molar-refractivity contribution is -0.0172. The van der Waals surface area contributed by atoms with Gasteiger partial charge in [-0.25, -0.2) is 4.39 Å². The van der Waals surface area contributed by atoms with E-state index < -0.39 is 24.0 Å². The zero-order valence-electron chi connectivity index (χ0n) is 6.62. The Morgan fingerprint density at radius 2 is 2.18 bits per heavy atom. The van der Waals surface area contributed by atoms with Crippen LogP contribution in [0.4, 0.5) is 4.39 Å². The number of aliphatic hydroxyl groups is 2. The quantitative estimate of drug-likeness (QED) is 0.567. The molecule has 66 valence electrons. The summed E-state index contributed by atoms with van der Waals surface area (Å²) in [5.41, 5.74) is -1.74. The van der Waals surface area contributed by atoms with E-state index in [-0.39, 0.29) is 6.61 Å². The van der Waals surface area contributed by atoms with Crippen LogP contribution in [0.2, 0.25) is 0 Å². The van der Waals surface area contributed by atoms with Crippen molar-refractivity contribution in [2.24, 2.45) is 0 Å². The topological polar surface area (TPSA) is 49.7 Å². The van der Waals surface area contributed by atoms with Crippen molar-refractivity contribution in [3.8, 4) is 0 Å². The minimum atomic E-state index is -1.74. The maximum absolute atomic E-state index is 13.3. The van der Waals surface area contributed by atoms with Crippen LogP contribution in [0.1, 0.15) is 13.8 Å². The normalized spacial score (nSPS) is 51.5. The summed E-state index contributed by atoms with van der Waals surface area (Å²) in [6, 6.07) is 0. The van der Waals surface area contributed by atoms with Crippen molar-refractivity contribution in [1.29, 1.82) is 0 Å². The number of hydrogen-bond donors (Lipinski definition) is 2. The first kappa shape index (κ1) is 8.90. The van der Waals surface area contributed by atoms with E-state index in [0.29, 0.717) is 0 Å². The molecule has 1 aliphatic heterocycles. The van der Waals surface area contributed by atoms with Crippen LogP contribution < -0.4 is 0 Å². The lowest BCUT2D eigenvalue weighted by Crippen LogP contribution is -2.40. The van der Waals surface area contributed by atoms with Crippen LogP contribution in [0.5, 0.6) is 0 Å². The van der Waals surface area contributed by atoms with Crippen LogP contribution >= 0.6 is 0 Å². The smallest absolute Gasteiger partial charge is 0.162 e. The Morgan fingerprint density at radius 3 is 2.36 bits per heavy atom. The minimum absolute atomic E-state index is 0.342. The lowest BCUT2D eigenvalue weighted by Gasteiger charge is -2.20. The molecule has 0 saturated carbocycles. The first-order valence-electron chi connectivity index (χ1n) is 3.63. The molecule has 0 aromatic carbocycles. The van der Waals surface area contributed by atoms with Gasteiger partial charge in [-0.3, -0.25) is 0 Å². The largest absolute Gasteiger partial charge is 0.394 e. The minimum Gasteiger partial charge on any atom is -0.394 e. The van der Waals surface area contributed by atoms with Gasteiger partial charge in [0.2, 0.25) is 0 Å². The number of aliphatic hydroxyl groups excluding tert-OH is 2. The molecule has 1 saturated heterocycles. The number of ether oxygens (including phenoxy) is 1. The number of rotatable bonds is 1. The molecule has 1 heterocycles. The van der Waals surface area contributed by atoms with Crippen LogP contribution in [0.25, 0.3) is 0 Å². The molecule has 4 heteroatoms. The zero-order valence-corrected chi connectivity index (χ0v) is 6.62. The molecular weight excluding hydrogens is 151 g/mol. The summed E-state index contributed by atoms with van der Waals surface area (Å²) in [6.07, 6.45) is -2.66. The van der Waals surface area contributed by atoms with Gasteiger partial charge in [-0.05, 0) is 13.8 Å². The molecule has 3 nitrogen and oxygen atoms in total. The molecule has 0 aliphatic carbocycles. The van der Waals surface area contributed by atoms with Gasteiger partial charge in [0.25, 0.3) is 0 Å². The Balaban J connectivity index is 2.71. The van der Waals surface area contributed by atoms with Crippen molar-refractivity contribution in [2.75, 3.05) is 6.61 Å². The SMILES string of the molecule is C[C@@H]1O[C@H](CO)C(O)C1(C)F. The van der Waals surface area contributed by atoms with Crippen LogP contribution in [0.3, 0.4) is 0 Å². The second kappa shape index (κ2) is 2.69.